The van der Waals surface area contributed by atoms with Crippen molar-refractivity contribution in [1.29, 1.82) is 0 Å². The van der Waals surface area contributed by atoms with Crippen molar-refractivity contribution in [3.8, 4) is 5.75 Å². The average molecular weight is 191 g/mol. The highest BCUT2D eigenvalue weighted by Crippen LogP contribution is 2.34. The Hall–Kier alpha value is -1.84. The average Bonchev–Trinajstić information content (AvgIpc) is 2.16. The fourth-order valence-electron chi connectivity index (χ4n) is 1.41. The fourth-order valence-corrected chi connectivity index (χ4v) is 1.41. The molecule has 14 heavy (non-hydrogen) atoms. The predicted molar refractivity (Wildman–Crippen MR) is 52.2 cm³/mol. The zero-order chi connectivity index (χ0) is 10.1. The van der Waals surface area contributed by atoms with Crippen LogP contribution in [0.4, 0.5) is 5.69 Å². The Bertz CT molecular complexity index is 412. The van der Waals surface area contributed by atoms with Gasteiger partial charge in [0.25, 0.3) is 0 Å². The number of para-hydroxylation sites is 1. The van der Waals surface area contributed by atoms with Crippen LogP contribution in [0.5, 0.6) is 5.75 Å². The van der Waals surface area contributed by atoms with E-state index >= 15 is 0 Å². The normalized spacial score (nSPS) is 18.5. The molecule has 2 rings (SSSR count). The van der Waals surface area contributed by atoms with Gasteiger partial charge in [0.1, 0.15) is 6.10 Å². The van der Waals surface area contributed by atoms with Crippen LogP contribution in [0.2, 0.25) is 0 Å². The van der Waals surface area contributed by atoms with Gasteiger partial charge in [-0.15, -0.1) is 0 Å². The van der Waals surface area contributed by atoms with E-state index in [1.54, 1.807) is 12.1 Å². The van der Waals surface area contributed by atoms with E-state index in [1.165, 1.54) is 6.07 Å². The first-order valence-corrected chi connectivity index (χ1v) is 4.31. The number of fused-ring (bicyclic) bond motifs is 1. The van der Waals surface area contributed by atoms with Gasteiger partial charge in [0, 0.05) is 11.6 Å². The highest BCUT2D eigenvalue weighted by Gasteiger charge is 2.21. The predicted octanol–water partition coefficient (Wildman–Crippen LogP) is 2.39. The molecule has 0 spiro atoms. The van der Waals surface area contributed by atoms with Crippen LogP contribution in [-0.2, 0) is 0 Å². The molecular formula is C10H9NO3. The molecule has 0 aromatic heterocycles. The third-order valence-corrected chi connectivity index (χ3v) is 2.07. The molecule has 0 aliphatic carbocycles. The Morgan fingerprint density at radius 1 is 1.50 bits per heavy atom. The smallest absolute Gasteiger partial charge is 0.311 e. The van der Waals surface area contributed by atoms with E-state index in [0.29, 0.717) is 5.75 Å². The van der Waals surface area contributed by atoms with Crippen molar-refractivity contribution in [3.05, 3.63) is 40.0 Å². The first-order valence-electron chi connectivity index (χ1n) is 4.31. The van der Waals surface area contributed by atoms with Gasteiger partial charge in [-0.1, -0.05) is 18.2 Å². The van der Waals surface area contributed by atoms with Crippen LogP contribution in [0, 0.1) is 10.1 Å². The van der Waals surface area contributed by atoms with E-state index in [1.807, 2.05) is 19.1 Å². The molecular weight excluding hydrogens is 182 g/mol. The van der Waals surface area contributed by atoms with Gasteiger partial charge in [-0.3, -0.25) is 10.1 Å². The number of rotatable bonds is 1. The molecule has 0 amide bonds. The Kier molecular flexibility index (Phi) is 1.96. The van der Waals surface area contributed by atoms with Crippen LogP contribution >= 0.6 is 0 Å². The van der Waals surface area contributed by atoms with Crippen molar-refractivity contribution in [3.63, 3.8) is 0 Å². The van der Waals surface area contributed by atoms with E-state index < -0.39 is 4.92 Å². The first kappa shape index (κ1) is 8.74. The molecule has 0 radical (unpaired) electrons. The molecule has 1 atom stereocenters. The second-order valence-electron chi connectivity index (χ2n) is 3.13. The number of nitrogens with zero attached hydrogens (tertiary/aromatic N) is 1. The lowest BCUT2D eigenvalue weighted by Gasteiger charge is -2.17. The Morgan fingerprint density at radius 3 is 3.00 bits per heavy atom. The van der Waals surface area contributed by atoms with Gasteiger partial charge in [0.2, 0.25) is 5.75 Å². The molecule has 0 saturated heterocycles. The van der Waals surface area contributed by atoms with Gasteiger partial charge in [0.05, 0.1) is 4.92 Å². The van der Waals surface area contributed by atoms with Crippen LogP contribution in [0.3, 0.4) is 0 Å². The summed E-state index contributed by atoms with van der Waals surface area (Å²) in [6, 6.07) is 4.90. The van der Waals surface area contributed by atoms with Gasteiger partial charge in [-0.2, -0.15) is 0 Å². The topological polar surface area (TPSA) is 52.4 Å². The minimum atomic E-state index is -0.426. The second-order valence-corrected chi connectivity index (χ2v) is 3.13. The molecule has 72 valence electrons. The van der Waals surface area contributed by atoms with Crippen molar-refractivity contribution in [2.75, 3.05) is 0 Å². The summed E-state index contributed by atoms with van der Waals surface area (Å²) in [5.41, 5.74) is 0.788. The Labute approximate surface area is 81.0 Å². The van der Waals surface area contributed by atoms with Crippen molar-refractivity contribution in [1.82, 2.24) is 0 Å². The van der Waals surface area contributed by atoms with Crippen molar-refractivity contribution < 1.29 is 9.66 Å². The molecule has 0 saturated carbocycles. The summed E-state index contributed by atoms with van der Waals surface area (Å²) in [5.74, 6) is 0.368. The molecule has 1 aliphatic rings. The summed E-state index contributed by atoms with van der Waals surface area (Å²) in [6.07, 6.45) is 3.60. The largest absolute Gasteiger partial charge is 0.479 e. The van der Waals surface area contributed by atoms with Crippen LogP contribution < -0.4 is 4.74 Å². The molecule has 1 aromatic carbocycles. The van der Waals surface area contributed by atoms with Crippen LogP contribution in [-0.4, -0.2) is 11.0 Å². The quantitative estimate of drug-likeness (QED) is 0.505. The zero-order valence-corrected chi connectivity index (χ0v) is 7.64. The molecule has 0 N–H and O–H groups in total. The van der Waals surface area contributed by atoms with Gasteiger partial charge >= 0.3 is 5.69 Å². The van der Waals surface area contributed by atoms with Crippen LogP contribution in [0.25, 0.3) is 6.08 Å². The standard InChI is InChI=1S/C10H9NO3/c1-7-5-6-8-3-2-4-9(11(12)13)10(8)14-7/h2-7H,1H3. The maximum atomic E-state index is 10.7. The summed E-state index contributed by atoms with van der Waals surface area (Å²) < 4.78 is 5.40. The minimum Gasteiger partial charge on any atom is -0.479 e. The molecule has 0 fully saturated rings. The van der Waals surface area contributed by atoms with Crippen molar-refractivity contribution >= 4 is 11.8 Å². The molecule has 1 aliphatic heterocycles. The monoisotopic (exact) mass is 191 g/mol. The molecule has 1 heterocycles. The van der Waals surface area contributed by atoms with E-state index in [9.17, 15) is 10.1 Å². The number of benzene rings is 1. The summed E-state index contributed by atoms with van der Waals surface area (Å²) >= 11 is 0. The van der Waals surface area contributed by atoms with Crippen LogP contribution in [0.1, 0.15) is 12.5 Å². The Balaban J connectivity index is 2.56. The Morgan fingerprint density at radius 2 is 2.29 bits per heavy atom. The van der Waals surface area contributed by atoms with E-state index in [2.05, 4.69) is 0 Å². The fraction of sp³-hybridized carbons (Fsp3) is 0.200. The third-order valence-electron chi connectivity index (χ3n) is 2.07. The summed E-state index contributed by atoms with van der Waals surface area (Å²) in [7, 11) is 0. The summed E-state index contributed by atoms with van der Waals surface area (Å²) in [4.78, 5) is 10.3. The van der Waals surface area contributed by atoms with Gasteiger partial charge < -0.3 is 4.74 Å². The lowest BCUT2D eigenvalue weighted by atomic mass is 10.1. The lowest BCUT2D eigenvalue weighted by molar-refractivity contribution is -0.386. The minimum absolute atomic E-state index is 0.0266. The van der Waals surface area contributed by atoms with E-state index in [0.717, 1.165) is 5.56 Å². The van der Waals surface area contributed by atoms with Crippen molar-refractivity contribution in [2.45, 2.75) is 13.0 Å². The third kappa shape index (κ3) is 1.35. The zero-order valence-electron chi connectivity index (χ0n) is 7.64. The van der Waals surface area contributed by atoms with Gasteiger partial charge in [-0.05, 0) is 13.0 Å². The highest BCUT2D eigenvalue weighted by molar-refractivity contribution is 5.66. The van der Waals surface area contributed by atoms with Crippen LogP contribution in [0.15, 0.2) is 24.3 Å². The molecule has 0 bridgehead atoms. The maximum absolute atomic E-state index is 10.7. The maximum Gasteiger partial charge on any atom is 0.311 e. The number of hydrogen-bond acceptors (Lipinski definition) is 3. The van der Waals surface area contributed by atoms with Gasteiger partial charge in [-0.25, -0.2) is 0 Å². The number of nitro groups is 1. The van der Waals surface area contributed by atoms with Crippen molar-refractivity contribution in [2.24, 2.45) is 0 Å². The molecule has 1 unspecified atom stereocenters. The van der Waals surface area contributed by atoms with Gasteiger partial charge in [0.15, 0.2) is 0 Å². The second kappa shape index (κ2) is 3.14. The SMILES string of the molecule is CC1C=Cc2cccc([N+](=O)[O-])c2O1. The summed E-state index contributed by atoms with van der Waals surface area (Å²) in [6.45, 7) is 1.84. The number of nitro benzene ring substituents is 1. The number of ether oxygens (including phenoxy) is 1. The molecule has 4 nitrogen and oxygen atoms in total. The van der Waals surface area contributed by atoms with E-state index in [4.69, 9.17) is 4.74 Å². The first-order chi connectivity index (χ1) is 6.68. The molecule has 1 aromatic rings. The summed E-state index contributed by atoms with van der Waals surface area (Å²) in [5, 5.41) is 10.7. The van der Waals surface area contributed by atoms with E-state index in [-0.39, 0.29) is 11.8 Å². The lowest BCUT2D eigenvalue weighted by Crippen LogP contribution is -2.13. The number of hydrogen-bond donors (Lipinski definition) is 0. The molecule has 4 heteroatoms. The highest BCUT2D eigenvalue weighted by atomic mass is 16.6.